The van der Waals surface area contributed by atoms with Gasteiger partial charge in [0, 0.05) is 10.2 Å². The molecule has 0 saturated carbocycles. The molecular formula is C13H15BrF3NO2. The predicted octanol–water partition coefficient (Wildman–Crippen LogP) is 4.52. The number of benzene rings is 1. The van der Waals surface area contributed by atoms with Gasteiger partial charge in [-0.3, -0.25) is 0 Å². The second kappa shape index (κ2) is 6.03. The van der Waals surface area contributed by atoms with Crippen LogP contribution in [0, 0.1) is 0 Å². The van der Waals surface area contributed by atoms with Gasteiger partial charge < -0.3 is 10.4 Å². The van der Waals surface area contributed by atoms with Crippen molar-refractivity contribution < 1.29 is 23.1 Å². The molecule has 20 heavy (non-hydrogen) atoms. The molecule has 0 bridgehead atoms. The number of carboxylic acids is 1. The van der Waals surface area contributed by atoms with Crippen molar-refractivity contribution in [3.8, 4) is 0 Å². The molecule has 0 spiro atoms. The molecule has 0 aliphatic carbocycles. The Kier molecular flexibility index (Phi) is 5.07. The Hall–Kier alpha value is -1.24. The third-order valence-electron chi connectivity index (χ3n) is 3.28. The van der Waals surface area contributed by atoms with E-state index in [2.05, 4.69) is 21.2 Å². The molecule has 0 amide bonds. The van der Waals surface area contributed by atoms with Gasteiger partial charge >= 0.3 is 12.1 Å². The number of anilines is 1. The minimum Gasteiger partial charge on any atom is -0.480 e. The highest BCUT2D eigenvalue weighted by Crippen LogP contribution is 2.38. The molecule has 0 saturated heterocycles. The fourth-order valence-electron chi connectivity index (χ4n) is 1.90. The fraction of sp³-hybridized carbons (Fsp3) is 0.462. The third kappa shape index (κ3) is 3.45. The summed E-state index contributed by atoms with van der Waals surface area (Å²) in [6.07, 6.45) is -4.21. The summed E-state index contributed by atoms with van der Waals surface area (Å²) in [6.45, 7) is 3.24. The fourth-order valence-corrected chi connectivity index (χ4v) is 2.26. The van der Waals surface area contributed by atoms with Crippen LogP contribution in [0.15, 0.2) is 22.7 Å². The molecule has 0 aliphatic rings. The molecule has 3 nitrogen and oxygen atoms in total. The highest BCUT2D eigenvalue weighted by Gasteiger charge is 2.39. The largest absolute Gasteiger partial charge is 0.480 e. The highest BCUT2D eigenvalue weighted by atomic mass is 79.9. The van der Waals surface area contributed by atoms with E-state index in [0.717, 1.165) is 6.07 Å². The standard InChI is InChI=1S/C13H15BrF3NO2/c1-3-12(4-2,11(19)20)18-10-6-5-8(14)7-9(10)13(15,16)17/h5-7,18H,3-4H2,1-2H3,(H,19,20). The maximum atomic E-state index is 13.0. The first-order chi connectivity index (χ1) is 9.16. The van der Waals surface area contributed by atoms with Crippen LogP contribution in [-0.4, -0.2) is 16.6 Å². The second-order valence-corrected chi connectivity index (χ2v) is 5.32. The summed E-state index contributed by atoms with van der Waals surface area (Å²) >= 11 is 2.99. The minimum atomic E-state index is -4.56. The van der Waals surface area contributed by atoms with Crippen LogP contribution in [0.5, 0.6) is 0 Å². The zero-order chi connectivity index (χ0) is 15.6. The van der Waals surface area contributed by atoms with Crippen molar-refractivity contribution in [3.05, 3.63) is 28.2 Å². The van der Waals surface area contributed by atoms with Gasteiger partial charge in [-0.25, -0.2) is 4.79 Å². The minimum absolute atomic E-state index is 0.173. The van der Waals surface area contributed by atoms with Crippen molar-refractivity contribution in [1.82, 2.24) is 0 Å². The molecule has 7 heteroatoms. The topological polar surface area (TPSA) is 49.3 Å². The lowest BCUT2D eigenvalue weighted by Gasteiger charge is -2.30. The van der Waals surface area contributed by atoms with E-state index in [1.165, 1.54) is 12.1 Å². The van der Waals surface area contributed by atoms with Crippen molar-refractivity contribution >= 4 is 27.6 Å². The lowest BCUT2D eigenvalue weighted by Crippen LogP contribution is -2.45. The number of carboxylic acid groups (broad SMARTS) is 1. The number of hydrogen-bond acceptors (Lipinski definition) is 2. The van der Waals surface area contributed by atoms with Crippen molar-refractivity contribution in [1.29, 1.82) is 0 Å². The average molecular weight is 354 g/mol. The van der Waals surface area contributed by atoms with Gasteiger partial charge in [0.2, 0.25) is 0 Å². The van der Waals surface area contributed by atoms with Gasteiger partial charge in [-0.15, -0.1) is 0 Å². The SMILES string of the molecule is CCC(CC)(Nc1ccc(Br)cc1C(F)(F)F)C(=O)O. The quantitative estimate of drug-likeness (QED) is 0.817. The molecule has 1 aromatic carbocycles. The number of carbonyl (C=O) groups is 1. The second-order valence-electron chi connectivity index (χ2n) is 4.41. The Morgan fingerprint density at radius 1 is 1.30 bits per heavy atom. The van der Waals surface area contributed by atoms with Gasteiger partial charge in [-0.2, -0.15) is 13.2 Å². The lowest BCUT2D eigenvalue weighted by molar-refractivity contribution is -0.143. The summed E-state index contributed by atoms with van der Waals surface area (Å²) in [4.78, 5) is 11.4. The Bertz CT molecular complexity index is 499. The maximum Gasteiger partial charge on any atom is 0.418 e. The first kappa shape index (κ1) is 16.8. The predicted molar refractivity (Wildman–Crippen MR) is 73.7 cm³/mol. The molecule has 0 unspecified atom stereocenters. The summed E-state index contributed by atoms with van der Waals surface area (Å²) in [5.74, 6) is -1.17. The molecule has 0 fully saturated rings. The summed E-state index contributed by atoms with van der Waals surface area (Å²) < 4.78 is 39.3. The van der Waals surface area contributed by atoms with Gasteiger partial charge in [-0.1, -0.05) is 29.8 Å². The van der Waals surface area contributed by atoms with E-state index in [0.29, 0.717) is 0 Å². The molecule has 0 radical (unpaired) electrons. The van der Waals surface area contributed by atoms with Crippen LogP contribution in [0.3, 0.4) is 0 Å². The van der Waals surface area contributed by atoms with Gasteiger partial charge in [0.25, 0.3) is 0 Å². The molecule has 112 valence electrons. The van der Waals surface area contributed by atoms with E-state index in [9.17, 15) is 23.1 Å². The van der Waals surface area contributed by atoms with E-state index in [1.807, 2.05) is 0 Å². The van der Waals surface area contributed by atoms with Crippen LogP contribution in [-0.2, 0) is 11.0 Å². The molecule has 1 aromatic rings. The van der Waals surface area contributed by atoms with E-state index in [1.54, 1.807) is 13.8 Å². The molecule has 1 rings (SSSR count). The lowest BCUT2D eigenvalue weighted by atomic mass is 9.92. The van der Waals surface area contributed by atoms with Crippen LogP contribution in [0.2, 0.25) is 0 Å². The van der Waals surface area contributed by atoms with Crippen molar-refractivity contribution in [3.63, 3.8) is 0 Å². The summed E-state index contributed by atoms with van der Waals surface area (Å²) in [5, 5.41) is 11.8. The van der Waals surface area contributed by atoms with Gasteiger partial charge in [0.05, 0.1) is 5.56 Å². The van der Waals surface area contributed by atoms with Gasteiger partial charge in [-0.05, 0) is 31.0 Å². The third-order valence-corrected chi connectivity index (χ3v) is 3.77. The van der Waals surface area contributed by atoms with Crippen LogP contribution in [0.1, 0.15) is 32.3 Å². The smallest absolute Gasteiger partial charge is 0.418 e. The normalized spacial score (nSPS) is 12.3. The Morgan fingerprint density at radius 3 is 2.25 bits per heavy atom. The molecular weight excluding hydrogens is 339 g/mol. The zero-order valence-electron chi connectivity index (χ0n) is 11.0. The molecule has 0 aromatic heterocycles. The highest BCUT2D eigenvalue weighted by molar-refractivity contribution is 9.10. The van der Waals surface area contributed by atoms with E-state index < -0.39 is 23.2 Å². The van der Waals surface area contributed by atoms with E-state index in [4.69, 9.17) is 0 Å². The summed E-state index contributed by atoms with van der Waals surface area (Å²) in [6, 6.07) is 3.60. The maximum absolute atomic E-state index is 13.0. The Labute approximate surface area is 123 Å². The molecule has 0 aliphatic heterocycles. The van der Waals surface area contributed by atoms with Gasteiger partial charge in [0.15, 0.2) is 0 Å². The Morgan fingerprint density at radius 2 is 1.85 bits per heavy atom. The van der Waals surface area contributed by atoms with Crippen molar-refractivity contribution in [2.24, 2.45) is 0 Å². The van der Waals surface area contributed by atoms with Gasteiger partial charge in [0.1, 0.15) is 5.54 Å². The first-order valence-electron chi connectivity index (χ1n) is 6.04. The van der Waals surface area contributed by atoms with Crippen molar-refractivity contribution in [2.45, 2.75) is 38.4 Å². The Balaban J connectivity index is 3.30. The average Bonchev–Trinajstić information content (AvgIpc) is 2.36. The monoisotopic (exact) mass is 353 g/mol. The molecule has 0 atom stereocenters. The number of alkyl halides is 3. The van der Waals surface area contributed by atoms with Crippen LogP contribution in [0.4, 0.5) is 18.9 Å². The van der Waals surface area contributed by atoms with Crippen LogP contribution >= 0.6 is 15.9 Å². The van der Waals surface area contributed by atoms with E-state index >= 15 is 0 Å². The summed E-state index contributed by atoms with van der Waals surface area (Å²) in [5.41, 5.74) is -2.53. The van der Waals surface area contributed by atoms with Crippen LogP contribution < -0.4 is 5.32 Å². The number of rotatable bonds is 5. The number of hydrogen-bond donors (Lipinski definition) is 2. The number of halogens is 4. The van der Waals surface area contributed by atoms with Crippen molar-refractivity contribution in [2.75, 3.05) is 5.32 Å². The van der Waals surface area contributed by atoms with E-state index in [-0.39, 0.29) is 23.0 Å². The number of aliphatic carboxylic acids is 1. The first-order valence-corrected chi connectivity index (χ1v) is 6.84. The van der Waals surface area contributed by atoms with Crippen LogP contribution in [0.25, 0.3) is 0 Å². The molecule has 2 N–H and O–H groups in total. The zero-order valence-corrected chi connectivity index (χ0v) is 12.6. The molecule has 0 heterocycles. The summed E-state index contributed by atoms with van der Waals surface area (Å²) in [7, 11) is 0. The number of nitrogens with one attached hydrogen (secondary N) is 1.